The van der Waals surface area contributed by atoms with Crippen LogP contribution in [-0.2, 0) is 11.2 Å². The van der Waals surface area contributed by atoms with Gasteiger partial charge in [-0.05, 0) is 48.9 Å². The van der Waals surface area contributed by atoms with Crippen LogP contribution in [0.4, 0.5) is 0 Å². The summed E-state index contributed by atoms with van der Waals surface area (Å²) in [5.74, 6) is -0.886. The number of rotatable bonds is 6. The average molecular weight is 593 g/mol. The number of amides is 3. The van der Waals surface area contributed by atoms with Crippen molar-refractivity contribution in [3.63, 3.8) is 0 Å². The Hall–Kier alpha value is -2.77. The van der Waals surface area contributed by atoms with E-state index in [2.05, 4.69) is 5.32 Å². The molecule has 1 fully saturated rings. The van der Waals surface area contributed by atoms with E-state index in [-0.39, 0.29) is 27.9 Å². The van der Waals surface area contributed by atoms with Crippen LogP contribution in [-0.4, -0.2) is 59.2 Å². The summed E-state index contributed by atoms with van der Waals surface area (Å²) < 4.78 is 0. The second-order valence-corrected chi connectivity index (χ2v) is 10.8. The molecule has 3 aromatic carbocycles. The van der Waals surface area contributed by atoms with Crippen LogP contribution in [0.3, 0.4) is 0 Å². The molecule has 0 bridgehead atoms. The summed E-state index contributed by atoms with van der Waals surface area (Å²) in [7, 11) is 0. The molecule has 0 aliphatic carbocycles. The van der Waals surface area contributed by atoms with E-state index in [1.807, 2.05) is 37.3 Å². The van der Waals surface area contributed by atoms with Crippen molar-refractivity contribution in [3.8, 4) is 0 Å². The molecule has 1 saturated heterocycles. The van der Waals surface area contributed by atoms with E-state index in [9.17, 15) is 14.4 Å². The highest BCUT2D eigenvalue weighted by Crippen LogP contribution is 2.25. The second-order valence-electron chi connectivity index (χ2n) is 9.10. The standard InChI is InChI=1S/C28H25Cl4N3O3/c1-17-16-34(11-12-35(17)27(37)21-9-8-20(29)15-23(21)31)28(38)25(13-18-5-3-2-4-6-18)33-26(36)19-7-10-22(30)24(32)14-19/h2-10,14-15,17,25H,11-13,16H2,1H3,(H,33,36)/t17-,25-/m0/s1. The monoisotopic (exact) mass is 591 g/mol. The molecule has 0 radical (unpaired) electrons. The van der Waals surface area contributed by atoms with Crippen molar-refractivity contribution in [1.29, 1.82) is 0 Å². The molecular formula is C28H25Cl4N3O3. The third kappa shape index (κ3) is 6.62. The molecule has 3 aromatic rings. The van der Waals surface area contributed by atoms with Crippen molar-refractivity contribution < 1.29 is 14.4 Å². The predicted molar refractivity (Wildman–Crippen MR) is 151 cm³/mol. The number of carbonyl (C=O) groups is 3. The Kier molecular flexibility index (Phi) is 9.21. The fraction of sp³-hybridized carbons (Fsp3) is 0.250. The Morgan fingerprint density at radius 1 is 0.895 bits per heavy atom. The summed E-state index contributed by atoms with van der Waals surface area (Å²) in [5, 5.41) is 4.18. The summed E-state index contributed by atoms with van der Waals surface area (Å²) in [6, 6.07) is 17.7. The summed E-state index contributed by atoms with van der Waals surface area (Å²) in [5.41, 5.74) is 1.56. The molecule has 4 rings (SSSR count). The van der Waals surface area contributed by atoms with Crippen molar-refractivity contribution in [3.05, 3.63) is 104 Å². The lowest BCUT2D eigenvalue weighted by Crippen LogP contribution is -2.59. The van der Waals surface area contributed by atoms with Gasteiger partial charge in [0, 0.05) is 42.7 Å². The molecule has 0 spiro atoms. The number of carbonyl (C=O) groups excluding carboxylic acids is 3. The fourth-order valence-electron chi connectivity index (χ4n) is 4.43. The van der Waals surface area contributed by atoms with E-state index >= 15 is 0 Å². The first-order chi connectivity index (χ1) is 18.1. The molecule has 6 nitrogen and oxygen atoms in total. The van der Waals surface area contributed by atoms with Crippen LogP contribution in [0.15, 0.2) is 66.7 Å². The van der Waals surface area contributed by atoms with Crippen LogP contribution in [0.1, 0.15) is 33.2 Å². The van der Waals surface area contributed by atoms with Crippen molar-refractivity contribution in [2.24, 2.45) is 0 Å². The van der Waals surface area contributed by atoms with Gasteiger partial charge in [0.1, 0.15) is 6.04 Å². The summed E-state index contributed by atoms with van der Waals surface area (Å²) >= 11 is 24.3. The first kappa shape index (κ1) is 28.2. The second kappa shape index (κ2) is 12.4. The van der Waals surface area contributed by atoms with Crippen molar-refractivity contribution in [1.82, 2.24) is 15.1 Å². The van der Waals surface area contributed by atoms with E-state index in [0.29, 0.717) is 47.2 Å². The molecule has 0 aromatic heterocycles. The van der Waals surface area contributed by atoms with Gasteiger partial charge in [-0.25, -0.2) is 0 Å². The highest BCUT2D eigenvalue weighted by atomic mass is 35.5. The lowest BCUT2D eigenvalue weighted by molar-refractivity contribution is -0.135. The maximum atomic E-state index is 13.7. The first-order valence-electron chi connectivity index (χ1n) is 12.0. The number of piperazine rings is 1. The van der Waals surface area contributed by atoms with Gasteiger partial charge in [0.05, 0.1) is 20.6 Å². The van der Waals surface area contributed by atoms with Crippen LogP contribution in [0.2, 0.25) is 20.1 Å². The minimum Gasteiger partial charge on any atom is -0.340 e. The lowest BCUT2D eigenvalue weighted by atomic mass is 10.0. The van der Waals surface area contributed by atoms with Crippen LogP contribution in [0.25, 0.3) is 0 Å². The smallest absolute Gasteiger partial charge is 0.255 e. The van der Waals surface area contributed by atoms with E-state index in [1.54, 1.807) is 28.0 Å². The predicted octanol–water partition coefficient (Wildman–Crippen LogP) is 6.01. The van der Waals surface area contributed by atoms with Crippen molar-refractivity contribution in [2.45, 2.75) is 25.4 Å². The number of hydrogen-bond donors (Lipinski definition) is 1. The van der Waals surface area contributed by atoms with Crippen LogP contribution in [0, 0.1) is 0 Å². The maximum absolute atomic E-state index is 13.7. The highest BCUT2D eigenvalue weighted by molar-refractivity contribution is 6.42. The topological polar surface area (TPSA) is 69.7 Å². The van der Waals surface area contributed by atoms with Gasteiger partial charge in [-0.15, -0.1) is 0 Å². The molecule has 1 N–H and O–H groups in total. The molecule has 2 atom stereocenters. The third-order valence-electron chi connectivity index (χ3n) is 6.43. The molecule has 3 amide bonds. The van der Waals surface area contributed by atoms with Gasteiger partial charge in [0.2, 0.25) is 5.91 Å². The largest absolute Gasteiger partial charge is 0.340 e. The van der Waals surface area contributed by atoms with Gasteiger partial charge in [-0.1, -0.05) is 76.7 Å². The number of nitrogens with zero attached hydrogens (tertiary/aromatic N) is 2. The molecule has 198 valence electrons. The van der Waals surface area contributed by atoms with E-state index in [4.69, 9.17) is 46.4 Å². The zero-order valence-corrected chi connectivity index (χ0v) is 23.5. The zero-order chi connectivity index (χ0) is 27.4. The lowest BCUT2D eigenvalue weighted by Gasteiger charge is -2.41. The minimum atomic E-state index is -0.820. The molecule has 1 aliphatic heterocycles. The SMILES string of the molecule is C[C@H]1CN(C(=O)[C@H](Cc2ccccc2)NC(=O)c2ccc(Cl)c(Cl)c2)CCN1C(=O)c1ccc(Cl)cc1Cl. The fourth-order valence-corrected chi connectivity index (χ4v) is 5.21. The number of benzene rings is 3. The molecular weight excluding hydrogens is 568 g/mol. The van der Waals surface area contributed by atoms with Gasteiger partial charge >= 0.3 is 0 Å². The van der Waals surface area contributed by atoms with Crippen molar-refractivity contribution in [2.75, 3.05) is 19.6 Å². The van der Waals surface area contributed by atoms with Crippen molar-refractivity contribution >= 4 is 64.1 Å². The zero-order valence-electron chi connectivity index (χ0n) is 20.5. The Morgan fingerprint density at radius 2 is 1.63 bits per heavy atom. The molecule has 0 saturated carbocycles. The normalized spacial score (nSPS) is 16.2. The minimum absolute atomic E-state index is 0.222. The van der Waals surface area contributed by atoms with E-state index in [1.165, 1.54) is 18.2 Å². The van der Waals surface area contributed by atoms with E-state index < -0.39 is 11.9 Å². The third-order valence-corrected chi connectivity index (χ3v) is 7.72. The van der Waals surface area contributed by atoms with Crippen LogP contribution in [0.5, 0.6) is 0 Å². The number of nitrogens with one attached hydrogen (secondary N) is 1. The first-order valence-corrected chi connectivity index (χ1v) is 13.5. The molecule has 1 heterocycles. The summed E-state index contributed by atoms with van der Waals surface area (Å²) in [4.78, 5) is 43.3. The molecule has 38 heavy (non-hydrogen) atoms. The van der Waals surface area contributed by atoms with Gasteiger partial charge in [0.15, 0.2) is 0 Å². The Labute approximate surface area is 241 Å². The van der Waals surface area contributed by atoms with Gasteiger partial charge < -0.3 is 15.1 Å². The molecule has 1 aliphatic rings. The Bertz CT molecular complexity index is 1350. The average Bonchev–Trinajstić information content (AvgIpc) is 2.89. The number of hydrogen-bond acceptors (Lipinski definition) is 3. The molecule has 10 heteroatoms. The van der Waals surface area contributed by atoms with E-state index in [0.717, 1.165) is 5.56 Å². The quantitative estimate of drug-likeness (QED) is 0.381. The summed E-state index contributed by atoms with van der Waals surface area (Å²) in [6.45, 7) is 2.82. The van der Waals surface area contributed by atoms with Gasteiger partial charge in [-0.2, -0.15) is 0 Å². The van der Waals surface area contributed by atoms with Gasteiger partial charge in [0.25, 0.3) is 11.8 Å². The Balaban J connectivity index is 1.50. The molecule has 0 unspecified atom stereocenters. The maximum Gasteiger partial charge on any atom is 0.255 e. The van der Waals surface area contributed by atoms with Crippen LogP contribution >= 0.6 is 46.4 Å². The summed E-state index contributed by atoms with van der Waals surface area (Å²) in [6.07, 6.45) is 0.306. The Morgan fingerprint density at radius 3 is 2.29 bits per heavy atom. The highest BCUT2D eigenvalue weighted by Gasteiger charge is 2.34. The van der Waals surface area contributed by atoms with Gasteiger partial charge in [-0.3, -0.25) is 14.4 Å². The van der Waals surface area contributed by atoms with Crippen LogP contribution < -0.4 is 5.32 Å². The number of halogens is 4.